The first-order valence-corrected chi connectivity index (χ1v) is 4.88. The molecule has 0 saturated heterocycles. The predicted molar refractivity (Wildman–Crippen MR) is 61.4 cm³/mol. The Morgan fingerprint density at radius 1 is 1.20 bits per heavy atom. The van der Waals surface area contributed by atoms with E-state index in [9.17, 15) is 9.59 Å². The summed E-state index contributed by atoms with van der Waals surface area (Å²) in [6.07, 6.45) is 9.00. The maximum Gasteiger partial charge on any atom is 0.246 e. The van der Waals surface area contributed by atoms with Gasteiger partial charge >= 0.3 is 0 Å². The van der Waals surface area contributed by atoms with Crippen molar-refractivity contribution in [3.8, 4) is 0 Å². The molecule has 0 bridgehead atoms. The summed E-state index contributed by atoms with van der Waals surface area (Å²) in [6, 6.07) is 0. The molecule has 0 aliphatic carbocycles. The van der Waals surface area contributed by atoms with Crippen LogP contribution in [-0.4, -0.2) is 18.7 Å². The van der Waals surface area contributed by atoms with Gasteiger partial charge in [-0.2, -0.15) is 0 Å². The van der Waals surface area contributed by atoms with E-state index in [1.807, 2.05) is 6.92 Å². The molecule has 0 aromatic rings. The number of nitrogens with one attached hydrogen (secondary N) is 1. The van der Waals surface area contributed by atoms with Gasteiger partial charge in [-0.1, -0.05) is 31.2 Å². The minimum atomic E-state index is -0.0716. The normalized spacial score (nSPS) is 12.3. The second kappa shape index (κ2) is 7.74. The van der Waals surface area contributed by atoms with Crippen molar-refractivity contribution >= 4 is 11.7 Å². The standard InChI is InChI=1S/C12H17NO2/c1-4-11(12(15)13-3)9-7-5-6-8-10(2)14/h5-9H,4H2,1-3H3,(H,13,15)/b7-5-,8-6+,11-9+. The highest BCUT2D eigenvalue weighted by Crippen LogP contribution is 2.00. The number of hydrogen-bond donors (Lipinski definition) is 1. The molecular weight excluding hydrogens is 190 g/mol. The fourth-order valence-electron chi connectivity index (χ4n) is 0.942. The van der Waals surface area contributed by atoms with Crippen LogP contribution in [0.2, 0.25) is 0 Å². The SMILES string of the molecule is CC\C(=C/C=C\C=C\C(C)=O)C(=O)NC. The molecule has 0 atom stereocenters. The summed E-state index contributed by atoms with van der Waals surface area (Å²) in [6.45, 7) is 3.41. The van der Waals surface area contributed by atoms with Gasteiger partial charge in [-0.05, 0) is 19.4 Å². The van der Waals surface area contributed by atoms with Gasteiger partial charge in [-0.25, -0.2) is 0 Å². The van der Waals surface area contributed by atoms with E-state index >= 15 is 0 Å². The summed E-state index contributed by atoms with van der Waals surface area (Å²) in [5, 5.41) is 2.56. The van der Waals surface area contributed by atoms with Gasteiger partial charge in [-0.15, -0.1) is 0 Å². The van der Waals surface area contributed by atoms with Gasteiger partial charge in [0.2, 0.25) is 5.91 Å². The van der Waals surface area contributed by atoms with E-state index in [2.05, 4.69) is 5.32 Å². The van der Waals surface area contributed by atoms with Gasteiger partial charge in [0, 0.05) is 12.6 Å². The lowest BCUT2D eigenvalue weighted by molar-refractivity contribution is -0.117. The second-order valence-corrected chi connectivity index (χ2v) is 2.98. The molecule has 0 aliphatic rings. The first kappa shape index (κ1) is 13.4. The van der Waals surface area contributed by atoms with Crippen molar-refractivity contribution in [1.82, 2.24) is 5.32 Å². The smallest absolute Gasteiger partial charge is 0.246 e. The van der Waals surface area contributed by atoms with Crippen molar-refractivity contribution < 1.29 is 9.59 Å². The molecule has 3 heteroatoms. The highest BCUT2D eigenvalue weighted by Gasteiger charge is 2.01. The summed E-state index contributed by atoms with van der Waals surface area (Å²) >= 11 is 0. The fraction of sp³-hybridized carbons (Fsp3) is 0.333. The highest BCUT2D eigenvalue weighted by atomic mass is 16.1. The molecule has 0 fully saturated rings. The highest BCUT2D eigenvalue weighted by molar-refractivity contribution is 5.93. The van der Waals surface area contributed by atoms with Crippen LogP contribution in [0.1, 0.15) is 20.3 Å². The molecule has 1 amide bonds. The molecule has 0 aromatic carbocycles. The Morgan fingerprint density at radius 3 is 2.33 bits per heavy atom. The van der Waals surface area contributed by atoms with E-state index in [4.69, 9.17) is 0 Å². The van der Waals surface area contributed by atoms with Gasteiger partial charge in [0.25, 0.3) is 0 Å². The third-order valence-electron chi connectivity index (χ3n) is 1.75. The number of amides is 1. The van der Waals surface area contributed by atoms with E-state index in [-0.39, 0.29) is 11.7 Å². The lowest BCUT2D eigenvalue weighted by atomic mass is 10.1. The minimum Gasteiger partial charge on any atom is -0.355 e. The van der Waals surface area contributed by atoms with Gasteiger partial charge in [0.15, 0.2) is 5.78 Å². The average molecular weight is 207 g/mol. The predicted octanol–water partition coefficient (Wildman–Crippen LogP) is 1.77. The molecule has 0 radical (unpaired) electrons. The molecule has 0 heterocycles. The van der Waals surface area contributed by atoms with Crippen LogP contribution in [0.4, 0.5) is 0 Å². The molecular formula is C12H17NO2. The number of likely N-dealkylation sites (N-methyl/N-ethyl adjacent to an activating group) is 1. The molecule has 0 spiro atoms. The third-order valence-corrected chi connectivity index (χ3v) is 1.75. The number of hydrogen-bond acceptors (Lipinski definition) is 2. The molecule has 0 unspecified atom stereocenters. The monoisotopic (exact) mass is 207 g/mol. The minimum absolute atomic E-state index is 0.00523. The van der Waals surface area contributed by atoms with Crippen LogP contribution in [-0.2, 0) is 9.59 Å². The van der Waals surface area contributed by atoms with Crippen molar-refractivity contribution in [1.29, 1.82) is 0 Å². The molecule has 0 saturated carbocycles. The Hall–Kier alpha value is -1.64. The van der Waals surface area contributed by atoms with Crippen molar-refractivity contribution in [2.75, 3.05) is 7.05 Å². The molecule has 1 N–H and O–H groups in total. The molecule has 82 valence electrons. The number of rotatable bonds is 5. The van der Waals surface area contributed by atoms with Crippen LogP contribution in [0, 0.1) is 0 Å². The van der Waals surface area contributed by atoms with Crippen molar-refractivity contribution in [3.63, 3.8) is 0 Å². The molecule has 15 heavy (non-hydrogen) atoms. The zero-order valence-corrected chi connectivity index (χ0v) is 9.41. The lowest BCUT2D eigenvalue weighted by Crippen LogP contribution is -2.19. The maximum atomic E-state index is 11.2. The Bertz CT molecular complexity index is 312. The third kappa shape index (κ3) is 6.43. The Morgan fingerprint density at radius 2 is 1.87 bits per heavy atom. The summed E-state index contributed by atoms with van der Waals surface area (Å²) in [5.74, 6) is -0.0663. The van der Waals surface area contributed by atoms with Crippen LogP contribution in [0.25, 0.3) is 0 Å². The molecule has 0 aliphatic heterocycles. The molecule has 0 aromatic heterocycles. The first-order chi connectivity index (χ1) is 7.11. The van der Waals surface area contributed by atoms with E-state index in [1.165, 1.54) is 13.0 Å². The molecule has 0 rings (SSSR count). The van der Waals surface area contributed by atoms with E-state index < -0.39 is 0 Å². The number of carbonyl (C=O) groups is 2. The number of ketones is 1. The van der Waals surface area contributed by atoms with Crippen LogP contribution >= 0.6 is 0 Å². The van der Waals surface area contributed by atoms with E-state index in [0.29, 0.717) is 12.0 Å². The van der Waals surface area contributed by atoms with Gasteiger partial charge in [0.05, 0.1) is 0 Å². The fourth-order valence-corrected chi connectivity index (χ4v) is 0.942. The van der Waals surface area contributed by atoms with Gasteiger partial charge in [-0.3, -0.25) is 9.59 Å². The van der Waals surface area contributed by atoms with Crippen molar-refractivity contribution in [3.05, 3.63) is 36.0 Å². The Balaban J connectivity index is 4.34. The largest absolute Gasteiger partial charge is 0.355 e. The Kier molecular flexibility index (Phi) is 6.89. The van der Waals surface area contributed by atoms with E-state index in [1.54, 1.807) is 31.4 Å². The van der Waals surface area contributed by atoms with Crippen molar-refractivity contribution in [2.24, 2.45) is 0 Å². The van der Waals surface area contributed by atoms with Crippen LogP contribution in [0.3, 0.4) is 0 Å². The quantitative estimate of drug-likeness (QED) is 0.551. The number of carbonyl (C=O) groups excluding carboxylic acids is 2. The maximum absolute atomic E-state index is 11.2. The van der Waals surface area contributed by atoms with Crippen LogP contribution in [0.15, 0.2) is 36.0 Å². The lowest BCUT2D eigenvalue weighted by Gasteiger charge is -1.99. The zero-order valence-electron chi connectivity index (χ0n) is 9.41. The topological polar surface area (TPSA) is 46.2 Å². The van der Waals surface area contributed by atoms with Crippen molar-refractivity contribution in [2.45, 2.75) is 20.3 Å². The first-order valence-electron chi connectivity index (χ1n) is 4.88. The van der Waals surface area contributed by atoms with Crippen LogP contribution < -0.4 is 5.32 Å². The molecule has 3 nitrogen and oxygen atoms in total. The summed E-state index contributed by atoms with van der Waals surface area (Å²) < 4.78 is 0. The van der Waals surface area contributed by atoms with Crippen LogP contribution in [0.5, 0.6) is 0 Å². The second-order valence-electron chi connectivity index (χ2n) is 2.98. The van der Waals surface area contributed by atoms with E-state index in [0.717, 1.165) is 0 Å². The number of allylic oxidation sites excluding steroid dienone is 5. The summed E-state index contributed by atoms with van der Waals surface area (Å²) in [4.78, 5) is 21.8. The Labute approximate surface area is 90.6 Å². The average Bonchev–Trinajstić information content (AvgIpc) is 2.22. The summed E-state index contributed by atoms with van der Waals surface area (Å²) in [5.41, 5.74) is 0.713. The van der Waals surface area contributed by atoms with Gasteiger partial charge in [0.1, 0.15) is 0 Å². The van der Waals surface area contributed by atoms with Gasteiger partial charge < -0.3 is 5.32 Å². The zero-order chi connectivity index (χ0) is 11.7. The summed E-state index contributed by atoms with van der Waals surface area (Å²) in [7, 11) is 1.60.